The van der Waals surface area contributed by atoms with Crippen LogP contribution >= 0.6 is 0 Å². The summed E-state index contributed by atoms with van der Waals surface area (Å²) in [5.74, 6) is 0.471. The summed E-state index contributed by atoms with van der Waals surface area (Å²) in [6.45, 7) is 2.73. The molecule has 2 atom stereocenters. The second kappa shape index (κ2) is 10.0. The van der Waals surface area contributed by atoms with Gasteiger partial charge in [0.05, 0.1) is 7.11 Å². The number of benzene rings is 1. The average molecular weight is 479 g/mol. The number of likely N-dealkylation sites (tertiary alicyclic amines) is 1. The molecule has 3 aliphatic rings. The van der Waals surface area contributed by atoms with Crippen LogP contribution in [0.1, 0.15) is 53.6 Å². The van der Waals surface area contributed by atoms with Crippen molar-refractivity contribution in [3.63, 3.8) is 0 Å². The number of aromatic nitrogens is 1. The first-order chi connectivity index (χ1) is 17.0. The number of piperidine rings is 2. The highest BCUT2D eigenvalue weighted by molar-refractivity contribution is 6.05. The zero-order chi connectivity index (χ0) is 24.4. The second-order valence-electron chi connectivity index (χ2n) is 9.36. The molecule has 0 bridgehead atoms. The minimum atomic E-state index is -0.611. The summed E-state index contributed by atoms with van der Waals surface area (Å²) in [6, 6.07) is 9.12. The molecule has 35 heavy (non-hydrogen) atoms. The quantitative estimate of drug-likeness (QED) is 0.610. The minimum absolute atomic E-state index is 0.174. The van der Waals surface area contributed by atoms with E-state index in [0.29, 0.717) is 37.1 Å². The van der Waals surface area contributed by atoms with E-state index in [1.807, 2.05) is 30.5 Å². The smallest absolute Gasteiger partial charge is 0.255 e. The molecule has 0 radical (unpaired) electrons. The zero-order valence-corrected chi connectivity index (χ0v) is 19.9. The molecule has 0 aliphatic carbocycles. The third-order valence-corrected chi connectivity index (χ3v) is 7.08. The first-order valence-corrected chi connectivity index (χ1v) is 12.1. The maximum Gasteiger partial charge on any atom is 0.255 e. The Morgan fingerprint density at radius 3 is 2.77 bits per heavy atom. The predicted octanol–water partition coefficient (Wildman–Crippen LogP) is 2.28. The fourth-order valence-corrected chi connectivity index (χ4v) is 5.15. The third-order valence-electron chi connectivity index (χ3n) is 7.08. The third kappa shape index (κ3) is 5.00. The Morgan fingerprint density at radius 2 is 2.00 bits per heavy atom. The van der Waals surface area contributed by atoms with Gasteiger partial charge in [-0.3, -0.25) is 24.6 Å². The van der Waals surface area contributed by atoms with Crippen molar-refractivity contribution in [1.82, 2.24) is 20.1 Å². The van der Waals surface area contributed by atoms with Gasteiger partial charge in [-0.05, 0) is 55.1 Å². The molecule has 9 heteroatoms. The van der Waals surface area contributed by atoms with E-state index in [9.17, 15) is 14.4 Å². The molecule has 9 nitrogen and oxygen atoms in total. The number of nitrogens with zero attached hydrogens (tertiary/aromatic N) is 3. The Bertz CT molecular complexity index is 1120. The zero-order valence-electron chi connectivity index (χ0n) is 19.9. The lowest BCUT2D eigenvalue weighted by Crippen LogP contribution is -2.52. The molecular formula is C26H30N4O5. The molecule has 1 N–H and O–H groups in total. The molecule has 1 aromatic heterocycles. The van der Waals surface area contributed by atoms with Gasteiger partial charge >= 0.3 is 0 Å². The van der Waals surface area contributed by atoms with E-state index < -0.39 is 11.9 Å². The monoisotopic (exact) mass is 478 g/mol. The van der Waals surface area contributed by atoms with Gasteiger partial charge in [0.15, 0.2) is 0 Å². The Kier molecular flexibility index (Phi) is 6.68. The number of fused-ring (bicyclic) bond motifs is 1. The predicted molar refractivity (Wildman–Crippen MR) is 127 cm³/mol. The van der Waals surface area contributed by atoms with Crippen LogP contribution in [0.4, 0.5) is 0 Å². The number of imide groups is 1. The van der Waals surface area contributed by atoms with Crippen molar-refractivity contribution in [2.45, 2.75) is 57.3 Å². The first kappa shape index (κ1) is 23.3. The number of pyridine rings is 1. The number of ether oxygens (including phenoxy) is 2. The number of hydrogen-bond acceptors (Lipinski definition) is 7. The van der Waals surface area contributed by atoms with Crippen LogP contribution < -0.4 is 14.8 Å². The van der Waals surface area contributed by atoms with Gasteiger partial charge in [0.25, 0.3) is 5.91 Å². The topological polar surface area (TPSA) is 101 Å². The van der Waals surface area contributed by atoms with Crippen LogP contribution in [-0.4, -0.2) is 64.9 Å². The van der Waals surface area contributed by atoms with Crippen molar-refractivity contribution in [3.8, 4) is 11.6 Å². The molecule has 0 spiro atoms. The molecule has 3 aliphatic heterocycles. The first-order valence-electron chi connectivity index (χ1n) is 12.1. The molecule has 4 heterocycles. The van der Waals surface area contributed by atoms with E-state index in [4.69, 9.17) is 9.47 Å². The SMILES string of the molecule is COc1ccc(CN2CCCC[C@H]2COc2ccc3c(c2)CN(C2CCC(=O)NC2=O)C3=O)cn1. The average Bonchev–Trinajstić information content (AvgIpc) is 3.19. The number of nitrogens with one attached hydrogen (secondary N) is 1. The molecule has 1 aromatic carbocycles. The largest absolute Gasteiger partial charge is 0.492 e. The number of carbonyl (C=O) groups is 3. The van der Waals surface area contributed by atoms with Gasteiger partial charge in [-0.1, -0.05) is 12.5 Å². The molecule has 2 saturated heterocycles. The number of amides is 3. The van der Waals surface area contributed by atoms with E-state index in [-0.39, 0.29) is 18.2 Å². The van der Waals surface area contributed by atoms with Gasteiger partial charge in [0, 0.05) is 43.4 Å². The summed E-state index contributed by atoms with van der Waals surface area (Å²) in [5, 5.41) is 2.34. The van der Waals surface area contributed by atoms with Crippen molar-refractivity contribution in [3.05, 3.63) is 53.2 Å². The highest BCUT2D eigenvalue weighted by Gasteiger charge is 2.39. The van der Waals surface area contributed by atoms with Gasteiger partial charge in [0.2, 0.25) is 17.7 Å². The summed E-state index contributed by atoms with van der Waals surface area (Å²) >= 11 is 0. The maximum atomic E-state index is 12.9. The van der Waals surface area contributed by atoms with Crippen LogP contribution in [0.2, 0.25) is 0 Å². The van der Waals surface area contributed by atoms with E-state index in [1.165, 1.54) is 6.42 Å². The second-order valence-corrected chi connectivity index (χ2v) is 9.36. The van der Waals surface area contributed by atoms with Crippen molar-refractivity contribution in [2.24, 2.45) is 0 Å². The van der Waals surface area contributed by atoms with Crippen molar-refractivity contribution >= 4 is 17.7 Å². The van der Waals surface area contributed by atoms with Crippen LogP contribution in [-0.2, 0) is 22.7 Å². The fraction of sp³-hybridized carbons (Fsp3) is 0.462. The highest BCUT2D eigenvalue weighted by atomic mass is 16.5. The molecule has 2 fully saturated rings. The molecule has 1 unspecified atom stereocenters. The van der Waals surface area contributed by atoms with Gasteiger partial charge in [0.1, 0.15) is 18.4 Å². The maximum absolute atomic E-state index is 12.9. The lowest BCUT2D eigenvalue weighted by atomic mass is 10.0. The summed E-state index contributed by atoms with van der Waals surface area (Å²) in [5.41, 5.74) is 2.58. The van der Waals surface area contributed by atoms with Gasteiger partial charge < -0.3 is 14.4 Å². The van der Waals surface area contributed by atoms with E-state index >= 15 is 0 Å². The van der Waals surface area contributed by atoms with Crippen molar-refractivity contribution in [1.29, 1.82) is 0 Å². The Morgan fingerprint density at radius 1 is 1.11 bits per heavy atom. The summed E-state index contributed by atoms with van der Waals surface area (Å²) in [4.78, 5) is 44.9. The highest BCUT2D eigenvalue weighted by Crippen LogP contribution is 2.30. The van der Waals surface area contributed by atoms with Crippen molar-refractivity contribution < 1.29 is 23.9 Å². The van der Waals surface area contributed by atoms with E-state index in [2.05, 4.69) is 15.2 Å². The number of hydrogen-bond donors (Lipinski definition) is 1. The lowest BCUT2D eigenvalue weighted by Gasteiger charge is -2.35. The molecule has 5 rings (SSSR count). The number of rotatable bonds is 7. The molecule has 3 amide bonds. The summed E-state index contributed by atoms with van der Waals surface area (Å²) < 4.78 is 11.3. The minimum Gasteiger partial charge on any atom is -0.492 e. The standard InChI is InChI=1S/C26H30N4O5/c1-34-24-10-5-17(13-27-24)14-29-11-3-2-4-19(29)16-35-20-6-7-21-18(12-20)15-30(26(21)33)22-8-9-23(31)28-25(22)32/h5-7,10,12-13,19,22H,2-4,8-9,11,14-16H2,1H3,(H,28,31,32)/t19-,22?/m0/s1. The van der Waals surface area contributed by atoms with Crippen LogP contribution in [0.15, 0.2) is 36.5 Å². The van der Waals surface area contributed by atoms with Crippen LogP contribution in [0.3, 0.4) is 0 Å². The Labute approximate surface area is 204 Å². The normalized spacial score (nSPS) is 22.7. The van der Waals surface area contributed by atoms with Crippen molar-refractivity contribution in [2.75, 3.05) is 20.3 Å². The number of methoxy groups -OCH3 is 1. The number of carbonyl (C=O) groups excluding carboxylic acids is 3. The molecule has 2 aromatic rings. The summed E-state index contributed by atoms with van der Waals surface area (Å²) in [6.07, 6.45) is 5.86. The van der Waals surface area contributed by atoms with Crippen LogP contribution in [0, 0.1) is 0 Å². The van der Waals surface area contributed by atoms with Crippen LogP contribution in [0.25, 0.3) is 0 Å². The molecule has 0 saturated carbocycles. The Hall–Kier alpha value is -3.46. The fourth-order valence-electron chi connectivity index (χ4n) is 5.15. The molecule has 184 valence electrons. The van der Waals surface area contributed by atoms with E-state index in [1.54, 1.807) is 18.1 Å². The summed E-state index contributed by atoms with van der Waals surface area (Å²) in [7, 11) is 1.61. The van der Waals surface area contributed by atoms with Gasteiger partial charge in [-0.2, -0.15) is 0 Å². The van der Waals surface area contributed by atoms with E-state index in [0.717, 1.165) is 42.8 Å². The Balaban J connectivity index is 1.21. The molecular weight excluding hydrogens is 448 g/mol. The van der Waals surface area contributed by atoms with Gasteiger partial charge in [-0.25, -0.2) is 4.98 Å². The van der Waals surface area contributed by atoms with Crippen LogP contribution in [0.5, 0.6) is 11.6 Å². The lowest BCUT2D eigenvalue weighted by molar-refractivity contribution is -0.136. The van der Waals surface area contributed by atoms with Gasteiger partial charge in [-0.15, -0.1) is 0 Å².